The van der Waals surface area contributed by atoms with Crippen molar-refractivity contribution in [3.8, 4) is 6.01 Å². The molecule has 0 radical (unpaired) electrons. The second kappa shape index (κ2) is 6.55. The van der Waals surface area contributed by atoms with Crippen LogP contribution in [0, 0.1) is 0 Å². The number of ether oxygens (including phenoxy) is 1. The van der Waals surface area contributed by atoms with Crippen molar-refractivity contribution in [2.24, 2.45) is 5.84 Å². The van der Waals surface area contributed by atoms with Crippen LogP contribution in [0.5, 0.6) is 6.01 Å². The number of hydrogen-bond donors (Lipinski definition) is 2. The quantitative estimate of drug-likeness (QED) is 0.647. The summed E-state index contributed by atoms with van der Waals surface area (Å²) in [5, 5.41) is 1.13. The molecule has 0 aliphatic heterocycles. The van der Waals surface area contributed by atoms with Crippen LogP contribution in [0.3, 0.4) is 0 Å². The average molecular weight is 298 g/mol. The van der Waals surface area contributed by atoms with Crippen LogP contribution in [-0.4, -0.2) is 21.6 Å². The first-order chi connectivity index (χ1) is 9.21. The fraction of sp³-hybridized carbons (Fsp3) is 0.182. The Hall–Kier alpha value is -1.57. The second-order valence-corrected chi connectivity index (χ2v) is 4.84. The topological polar surface area (TPSA) is 86.0 Å². The predicted molar refractivity (Wildman–Crippen MR) is 74.4 cm³/mol. The molecule has 1 heterocycles. The molecule has 8 heteroatoms. The van der Waals surface area contributed by atoms with Crippen LogP contribution in [0.1, 0.15) is 6.92 Å². The molecule has 0 bridgehead atoms. The largest absolute Gasteiger partial charge is 0.464 e. The van der Waals surface area contributed by atoms with Gasteiger partial charge in [0.05, 0.1) is 6.61 Å². The van der Waals surface area contributed by atoms with E-state index in [2.05, 4.69) is 20.4 Å². The smallest absolute Gasteiger partial charge is 0.322 e. The summed E-state index contributed by atoms with van der Waals surface area (Å²) in [6.45, 7) is 2.32. The number of aromatic nitrogens is 3. The lowest BCUT2D eigenvalue weighted by Gasteiger charge is -2.06. The van der Waals surface area contributed by atoms with Crippen LogP contribution in [0.4, 0.5) is 5.95 Å². The Morgan fingerprint density at radius 3 is 2.89 bits per heavy atom. The monoisotopic (exact) mass is 297 g/mol. The predicted octanol–water partition coefficient (Wildman–Crippen LogP) is 2.36. The maximum atomic E-state index is 5.93. The number of anilines is 1. The number of nitrogens with zero attached hydrogens (tertiary/aromatic N) is 3. The van der Waals surface area contributed by atoms with Crippen molar-refractivity contribution in [3.63, 3.8) is 0 Å². The van der Waals surface area contributed by atoms with E-state index < -0.39 is 0 Å². The van der Waals surface area contributed by atoms with E-state index in [1.165, 1.54) is 11.8 Å². The van der Waals surface area contributed by atoms with Crippen LogP contribution < -0.4 is 16.0 Å². The van der Waals surface area contributed by atoms with Gasteiger partial charge in [-0.05, 0) is 36.9 Å². The summed E-state index contributed by atoms with van der Waals surface area (Å²) in [6, 6.07) is 7.63. The Kier molecular flexibility index (Phi) is 4.78. The minimum absolute atomic E-state index is 0.231. The zero-order valence-electron chi connectivity index (χ0n) is 10.1. The van der Waals surface area contributed by atoms with Gasteiger partial charge in [-0.3, -0.25) is 5.43 Å². The Bertz CT molecular complexity index is 569. The minimum atomic E-state index is 0.231. The first kappa shape index (κ1) is 13.9. The average Bonchev–Trinajstić information content (AvgIpc) is 2.39. The van der Waals surface area contributed by atoms with Gasteiger partial charge in [0.25, 0.3) is 0 Å². The lowest BCUT2D eigenvalue weighted by molar-refractivity contribution is 0.308. The van der Waals surface area contributed by atoms with E-state index in [0.29, 0.717) is 16.8 Å². The van der Waals surface area contributed by atoms with Crippen molar-refractivity contribution >= 4 is 29.3 Å². The van der Waals surface area contributed by atoms with E-state index in [1.54, 1.807) is 6.07 Å². The molecular weight excluding hydrogens is 286 g/mol. The van der Waals surface area contributed by atoms with Crippen molar-refractivity contribution in [3.05, 3.63) is 29.3 Å². The number of rotatable bonds is 5. The molecule has 0 amide bonds. The molecule has 3 N–H and O–H groups in total. The van der Waals surface area contributed by atoms with E-state index in [-0.39, 0.29) is 12.0 Å². The first-order valence-corrected chi connectivity index (χ1v) is 6.69. The minimum Gasteiger partial charge on any atom is -0.464 e. The van der Waals surface area contributed by atoms with Crippen LogP contribution in [0.25, 0.3) is 0 Å². The highest BCUT2D eigenvalue weighted by molar-refractivity contribution is 7.99. The molecule has 0 fully saturated rings. The summed E-state index contributed by atoms with van der Waals surface area (Å²) in [6.07, 6.45) is 0. The zero-order chi connectivity index (χ0) is 13.7. The molecule has 6 nitrogen and oxygen atoms in total. The molecule has 0 atom stereocenters. The summed E-state index contributed by atoms with van der Waals surface area (Å²) >= 11 is 7.28. The number of nitrogens with one attached hydrogen (secondary N) is 1. The van der Waals surface area contributed by atoms with Crippen molar-refractivity contribution in [1.29, 1.82) is 0 Å². The molecular formula is C11H12ClN5OS. The molecule has 0 saturated carbocycles. The van der Waals surface area contributed by atoms with Crippen LogP contribution >= 0.6 is 23.4 Å². The molecule has 2 rings (SSSR count). The van der Waals surface area contributed by atoms with E-state index in [9.17, 15) is 0 Å². The van der Waals surface area contributed by atoms with Gasteiger partial charge in [-0.25, -0.2) is 5.84 Å². The van der Waals surface area contributed by atoms with Crippen LogP contribution in [0.2, 0.25) is 5.02 Å². The molecule has 1 aromatic heterocycles. The number of hydrazine groups is 1. The maximum absolute atomic E-state index is 5.93. The van der Waals surface area contributed by atoms with Crippen molar-refractivity contribution in [2.75, 3.05) is 12.0 Å². The summed E-state index contributed by atoms with van der Waals surface area (Å²) in [7, 11) is 0. The highest BCUT2D eigenvalue weighted by Gasteiger charge is 2.08. The van der Waals surface area contributed by atoms with E-state index in [1.807, 2.05) is 25.1 Å². The van der Waals surface area contributed by atoms with Crippen LogP contribution in [0.15, 0.2) is 34.3 Å². The van der Waals surface area contributed by atoms with Crippen molar-refractivity contribution < 1.29 is 4.74 Å². The Morgan fingerprint density at radius 2 is 2.21 bits per heavy atom. The van der Waals surface area contributed by atoms with Gasteiger partial charge >= 0.3 is 6.01 Å². The van der Waals surface area contributed by atoms with Gasteiger partial charge in [0.15, 0.2) is 0 Å². The van der Waals surface area contributed by atoms with E-state index >= 15 is 0 Å². The van der Waals surface area contributed by atoms with Gasteiger partial charge in [0, 0.05) is 9.92 Å². The third-order valence-electron chi connectivity index (χ3n) is 2.00. The Balaban J connectivity index is 2.26. The lowest BCUT2D eigenvalue weighted by atomic mass is 10.4. The SMILES string of the molecule is CCOc1nc(NN)nc(Sc2cccc(Cl)c2)n1. The standard InChI is InChI=1S/C11H12ClN5OS/c1-2-18-10-14-9(17-13)15-11(16-10)19-8-5-3-4-7(12)6-8/h3-6H,2,13H2,1H3,(H,14,15,16,17). The molecule has 0 unspecified atom stereocenters. The van der Waals surface area contributed by atoms with Crippen LogP contribution in [-0.2, 0) is 0 Å². The van der Waals surface area contributed by atoms with Crippen molar-refractivity contribution in [1.82, 2.24) is 15.0 Å². The summed E-state index contributed by atoms with van der Waals surface area (Å²) < 4.78 is 5.25. The van der Waals surface area contributed by atoms with Gasteiger partial charge in [-0.1, -0.05) is 17.7 Å². The number of benzene rings is 1. The molecule has 0 saturated heterocycles. The van der Waals surface area contributed by atoms with E-state index in [0.717, 1.165) is 4.90 Å². The number of halogens is 1. The highest BCUT2D eigenvalue weighted by atomic mass is 35.5. The third kappa shape index (κ3) is 3.95. The summed E-state index contributed by atoms with van der Waals surface area (Å²) in [5.74, 6) is 5.57. The molecule has 1 aromatic carbocycles. The lowest BCUT2D eigenvalue weighted by Crippen LogP contribution is -2.12. The van der Waals surface area contributed by atoms with Crippen molar-refractivity contribution in [2.45, 2.75) is 17.0 Å². The maximum Gasteiger partial charge on any atom is 0.322 e. The normalized spacial score (nSPS) is 10.3. The molecule has 0 aliphatic carbocycles. The molecule has 0 spiro atoms. The third-order valence-corrected chi connectivity index (χ3v) is 3.09. The Labute approximate surface area is 119 Å². The number of nitrogens with two attached hydrogens (primary N) is 1. The molecule has 0 aliphatic rings. The molecule has 19 heavy (non-hydrogen) atoms. The summed E-state index contributed by atoms with van der Waals surface area (Å²) in [5.41, 5.74) is 2.38. The van der Waals surface area contributed by atoms with Gasteiger partial charge in [0.2, 0.25) is 11.1 Å². The van der Waals surface area contributed by atoms with Gasteiger partial charge in [-0.2, -0.15) is 15.0 Å². The van der Waals surface area contributed by atoms with E-state index in [4.69, 9.17) is 22.2 Å². The van der Waals surface area contributed by atoms with Gasteiger partial charge < -0.3 is 4.74 Å². The van der Waals surface area contributed by atoms with Gasteiger partial charge in [0.1, 0.15) is 0 Å². The second-order valence-electron chi connectivity index (χ2n) is 3.36. The zero-order valence-corrected chi connectivity index (χ0v) is 11.7. The number of nitrogen functional groups attached to an aromatic ring is 1. The summed E-state index contributed by atoms with van der Waals surface area (Å²) in [4.78, 5) is 13.2. The first-order valence-electron chi connectivity index (χ1n) is 5.50. The molecule has 2 aromatic rings. The fourth-order valence-corrected chi connectivity index (χ4v) is 2.33. The highest BCUT2D eigenvalue weighted by Crippen LogP contribution is 2.28. The Morgan fingerprint density at radius 1 is 1.37 bits per heavy atom. The fourth-order valence-electron chi connectivity index (χ4n) is 1.28. The molecule has 100 valence electrons. The number of hydrogen-bond acceptors (Lipinski definition) is 7. The van der Waals surface area contributed by atoms with Gasteiger partial charge in [-0.15, -0.1) is 0 Å².